The van der Waals surface area contributed by atoms with E-state index in [-0.39, 0.29) is 17.7 Å². The van der Waals surface area contributed by atoms with Crippen LogP contribution in [0.1, 0.15) is 11.4 Å². The van der Waals surface area contributed by atoms with Gasteiger partial charge in [-0.2, -0.15) is 5.21 Å². The van der Waals surface area contributed by atoms with Crippen LogP contribution < -0.4 is 11.2 Å². The van der Waals surface area contributed by atoms with Gasteiger partial charge in [0.15, 0.2) is 11.2 Å². The van der Waals surface area contributed by atoms with Crippen LogP contribution in [0, 0.1) is 6.92 Å². The Hall–Kier alpha value is -4.87. The summed E-state index contributed by atoms with van der Waals surface area (Å²) in [5.41, 5.74) is 2.97. The minimum absolute atomic E-state index is 0.150. The third kappa shape index (κ3) is 3.87. The van der Waals surface area contributed by atoms with Gasteiger partial charge in [-0.1, -0.05) is 48.5 Å². The molecule has 2 aromatic carbocycles. The second-order valence-electron chi connectivity index (χ2n) is 8.20. The van der Waals surface area contributed by atoms with Crippen molar-refractivity contribution in [2.75, 3.05) is 7.11 Å². The molecule has 0 aliphatic rings. The lowest BCUT2D eigenvalue weighted by molar-refractivity contribution is -0.141. The molecule has 0 fully saturated rings. The van der Waals surface area contributed by atoms with Crippen molar-refractivity contribution in [3.05, 3.63) is 80.8 Å². The van der Waals surface area contributed by atoms with Crippen LogP contribution in [-0.2, 0) is 29.7 Å². The van der Waals surface area contributed by atoms with Crippen LogP contribution in [0.2, 0.25) is 0 Å². The third-order valence-corrected chi connectivity index (χ3v) is 6.05. The van der Waals surface area contributed by atoms with Gasteiger partial charge in [-0.25, -0.2) is 9.78 Å². The number of aryl methyl sites for hydroxylation is 1. The molecule has 0 radical (unpaired) electrons. The topological polar surface area (TPSA) is 143 Å². The van der Waals surface area contributed by atoms with Crippen LogP contribution in [0.25, 0.3) is 33.7 Å². The minimum Gasteiger partial charge on any atom is -0.468 e. The molecule has 12 nitrogen and oxygen atoms in total. The van der Waals surface area contributed by atoms with Crippen molar-refractivity contribution in [3.8, 4) is 22.5 Å². The Morgan fingerprint density at radius 2 is 1.75 bits per heavy atom. The lowest BCUT2D eigenvalue weighted by Gasteiger charge is -2.11. The molecule has 0 saturated carbocycles. The number of aromatic nitrogens is 8. The van der Waals surface area contributed by atoms with Gasteiger partial charge in [0.1, 0.15) is 12.4 Å². The molecule has 0 spiro atoms. The van der Waals surface area contributed by atoms with E-state index in [1.54, 1.807) is 11.5 Å². The summed E-state index contributed by atoms with van der Waals surface area (Å²) in [5, 5.41) is 14.3. The van der Waals surface area contributed by atoms with E-state index >= 15 is 0 Å². The van der Waals surface area contributed by atoms with Gasteiger partial charge in [-0.15, -0.1) is 10.2 Å². The number of aromatic amines is 1. The number of rotatable bonds is 6. The van der Waals surface area contributed by atoms with Crippen molar-refractivity contribution in [2.45, 2.75) is 20.0 Å². The highest BCUT2D eigenvalue weighted by atomic mass is 16.5. The molecule has 0 atom stereocenters. The van der Waals surface area contributed by atoms with Gasteiger partial charge in [0.05, 0.1) is 7.11 Å². The van der Waals surface area contributed by atoms with Gasteiger partial charge >= 0.3 is 11.7 Å². The Kier molecular flexibility index (Phi) is 5.76. The molecule has 5 rings (SSSR count). The normalized spacial score (nSPS) is 11.2. The lowest BCUT2D eigenvalue weighted by Crippen LogP contribution is -2.40. The summed E-state index contributed by atoms with van der Waals surface area (Å²) in [6.45, 7) is 1.76. The van der Waals surface area contributed by atoms with Gasteiger partial charge in [-0.3, -0.25) is 18.7 Å². The zero-order chi connectivity index (χ0) is 25.4. The first-order valence-corrected chi connectivity index (χ1v) is 11.0. The smallest absolute Gasteiger partial charge is 0.333 e. The Morgan fingerprint density at radius 3 is 2.42 bits per heavy atom. The molecule has 0 saturated heterocycles. The Labute approximate surface area is 203 Å². The van der Waals surface area contributed by atoms with Gasteiger partial charge < -0.3 is 9.30 Å². The maximum Gasteiger partial charge on any atom is 0.333 e. The zero-order valence-electron chi connectivity index (χ0n) is 19.8. The van der Waals surface area contributed by atoms with Gasteiger partial charge in [0.2, 0.25) is 5.82 Å². The second kappa shape index (κ2) is 9.06. The number of carbonyl (C=O) groups excluding carboxylic acids is 1. The number of hydrogen-bond donors (Lipinski definition) is 1. The Bertz CT molecular complexity index is 1700. The molecule has 0 amide bonds. The fourth-order valence-electron chi connectivity index (χ4n) is 4.17. The molecule has 3 heterocycles. The minimum atomic E-state index is -0.632. The van der Waals surface area contributed by atoms with Crippen molar-refractivity contribution in [2.24, 2.45) is 7.05 Å². The summed E-state index contributed by atoms with van der Waals surface area (Å²) in [6, 6.07) is 15.7. The van der Waals surface area contributed by atoms with E-state index < -0.39 is 17.2 Å². The van der Waals surface area contributed by atoms with Crippen molar-refractivity contribution in [1.82, 2.24) is 39.3 Å². The van der Waals surface area contributed by atoms with Crippen LogP contribution in [0.4, 0.5) is 0 Å². The van der Waals surface area contributed by atoms with Crippen molar-refractivity contribution >= 4 is 17.1 Å². The summed E-state index contributed by atoms with van der Waals surface area (Å²) in [7, 11) is 2.61. The third-order valence-electron chi connectivity index (χ3n) is 6.05. The summed E-state index contributed by atoms with van der Waals surface area (Å²) >= 11 is 0. The fraction of sp³-hybridized carbons (Fsp3) is 0.208. The highest BCUT2D eigenvalue weighted by Crippen LogP contribution is 2.30. The number of hydrogen-bond acceptors (Lipinski definition) is 8. The van der Waals surface area contributed by atoms with Crippen LogP contribution in [0.5, 0.6) is 0 Å². The Balaban J connectivity index is 1.54. The monoisotopic (exact) mass is 486 g/mol. The van der Waals surface area contributed by atoms with Crippen LogP contribution >= 0.6 is 0 Å². The van der Waals surface area contributed by atoms with E-state index in [2.05, 4.69) is 25.6 Å². The summed E-state index contributed by atoms with van der Waals surface area (Å²) in [4.78, 5) is 42.0. The molecule has 1 N–H and O–H groups in total. The first-order valence-electron chi connectivity index (χ1n) is 11.0. The molecule has 0 aliphatic heterocycles. The maximum absolute atomic E-state index is 13.0. The van der Waals surface area contributed by atoms with E-state index in [9.17, 15) is 14.4 Å². The van der Waals surface area contributed by atoms with Crippen molar-refractivity contribution in [1.29, 1.82) is 0 Å². The van der Waals surface area contributed by atoms with E-state index in [1.165, 1.54) is 14.2 Å². The fourth-order valence-corrected chi connectivity index (χ4v) is 4.17. The number of methoxy groups -OCH3 is 1. The molecule has 36 heavy (non-hydrogen) atoms. The van der Waals surface area contributed by atoms with E-state index in [4.69, 9.17) is 4.74 Å². The number of esters is 1. The number of benzene rings is 2. The predicted octanol–water partition coefficient (Wildman–Crippen LogP) is 1.27. The van der Waals surface area contributed by atoms with Gasteiger partial charge in [0, 0.05) is 19.2 Å². The van der Waals surface area contributed by atoms with Gasteiger partial charge in [0.25, 0.3) is 5.56 Å². The largest absolute Gasteiger partial charge is 0.468 e. The average Bonchev–Trinajstić information content (AvgIpc) is 3.54. The summed E-state index contributed by atoms with van der Waals surface area (Å²) < 4.78 is 8.58. The summed E-state index contributed by atoms with van der Waals surface area (Å²) in [5.74, 6) is 0.433. The number of fused-ring (bicyclic) bond motifs is 1. The van der Waals surface area contributed by atoms with Crippen LogP contribution in [-0.4, -0.2) is 52.4 Å². The van der Waals surface area contributed by atoms with Crippen LogP contribution in [0.15, 0.2) is 58.1 Å². The number of H-pyrrole nitrogens is 1. The number of ether oxygens (including phenoxy) is 1. The number of imidazole rings is 1. The van der Waals surface area contributed by atoms with E-state index in [0.29, 0.717) is 18.2 Å². The molecule has 12 heteroatoms. The van der Waals surface area contributed by atoms with Crippen molar-refractivity contribution in [3.63, 3.8) is 0 Å². The molecule has 5 aromatic rings. The highest BCUT2D eigenvalue weighted by Gasteiger charge is 2.20. The lowest BCUT2D eigenvalue weighted by atomic mass is 9.98. The van der Waals surface area contributed by atoms with Crippen molar-refractivity contribution < 1.29 is 9.53 Å². The van der Waals surface area contributed by atoms with Gasteiger partial charge in [-0.05, 0) is 28.8 Å². The first-order chi connectivity index (χ1) is 17.4. The summed E-state index contributed by atoms with van der Waals surface area (Å²) in [6.07, 6.45) is 0. The molecule has 0 bridgehead atoms. The molecular formula is C24H22N8O4. The van der Waals surface area contributed by atoms with E-state index in [0.717, 1.165) is 31.4 Å². The molecule has 0 aliphatic carbocycles. The SMILES string of the molecule is COC(=O)Cn1c(=O)n(C)c(=O)c2c1nc(C)n2Cc1ccc(-c2ccccc2-c2nn[nH]n2)cc1. The molecule has 182 valence electrons. The van der Waals surface area contributed by atoms with Crippen LogP contribution in [0.3, 0.4) is 0 Å². The molecular weight excluding hydrogens is 464 g/mol. The highest BCUT2D eigenvalue weighted by molar-refractivity contribution is 5.80. The Morgan fingerprint density at radius 1 is 1.03 bits per heavy atom. The number of tetrazole rings is 1. The number of carbonyl (C=O) groups is 1. The quantitative estimate of drug-likeness (QED) is 0.354. The zero-order valence-corrected chi connectivity index (χ0v) is 19.8. The molecule has 0 unspecified atom stereocenters. The average molecular weight is 486 g/mol. The standard InChI is InChI=1S/C24H22N8O4/c1-14-25-22-20(23(34)30(2)24(35)32(22)13-19(33)36-3)31(14)12-15-8-10-16(11-9-15)17-6-4-5-7-18(17)21-26-28-29-27-21/h4-11H,12-13H2,1-3H3,(H,26,27,28,29). The van der Waals surface area contributed by atoms with E-state index in [1.807, 2.05) is 48.5 Å². The number of nitrogens with one attached hydrogen (secondary N) is 1. The predicted molar refractivity (Wildman–Crippen MR) is 130 cm³/mol. The second-order valence-corrected chi connectivity index (χ2v) is 8.20. The first kappa shape index (κ1) is 22.9. The maximum atomic E-state index is 13.0. The number of nitrogens with zero attached hydrogens (tertiary/aromatic N) is 7. The molecule has 3 aromatic heterocycles.